The van der Waals surface area contributed by atoms with Crippen LogP contribution in [-0.2, 0) is 17.8 Å². The van der Waals surface area contributed by atoms with E-state index in [9.17, 15) is 9.59 Å². The number of primary amides is 1. The van der Waals surface area contributed by atoms with E-state index in [4.69, 9.17) is 15.6 Å². The summed E-state index contributed by atoms with van der Waals surface area (Å²) in [5, 5.41) is 10.5. The van der Waals surface area contributed by atoms with Crippen LogP contribution in [0.15, 0.2) is 91.0 Å². The maximum absolute atomic E-state index is 12.3. The van der Waals surface area contributed by atoms with Crippen molar-refractivity contribution in [3.05, 3.63) is 113 Å². The Bertz CT molecular complexity index is 1550. The highest BCUT2D eigenvalue weighted by atomic mass is 16.5. The summed E-state index contributed by atoms with van der Waals surface area (Å²) < 4.78 is 7.76. The molecule has 6 heteroatoms. The molecule has 0 aliphatic rings. The molecule has 3 N–H and O–H groups in total. The molecule has 0 aliphatic heterocycles. The molecule has 0 bridgehead atoms. The number of ether oxygens (including phenoxy) is 1. The molecule has 174 valence electrons. The summed E-state index contributed by atoms with van der Waals surface area (Å²) in [5.74, 6) is -1.22. The van der Waals surface area contributed by atoms with Gasteiger partial charge in [-0.1, -0.05) is 66.7 Å². The number of nitrogens with two attached hydrogens (primary N) is 1. The first-order valence-electron chi connectivity index (χ1n) is 11.3. The number of aromatic nitrogens is 1. The predicted molar refractivity (Wildman–Crippen MR) is 136 cm³/mol. The largest absolute Gasteiger partial charge is 0.481 e. The molecule has 0 saturated heterocycles. The van der Waals surface area contributed by atoms with Crippen molar-refractivity contribution >= 4 is 33.7 Å². The SMILES string of the molecule is NC(=O)c1cccc2c1c1c(OCC(=O)O)cccc1n2Cc1ccccc1Cc1ccccc1. The number of amides is 1. The van der Waals surface area contributed by atoms with E-state index in [0.717, 1.165) is 23.0 Å². The van der Waals surface area contributed by atoms with Crippen LogP contribution in [0.25, 0.3) is 21.8 Å². The van der Waals surface area contributed by atoms with Crippen LogP contribution in [-0.4, -0.2) is 28.2 Å². The van der Waals surface area contributed by atoms with Crippen molar-refractivity contribution in [1.82, 2.24) is 4.57 Å². The topological polar surface area (TPSA) is 94.6 Å². The number of carboxylic acid groups (broad SMARTS) is 1. The zero-order valence-corrected chi connectivity index (χ0v) is 19.0. The molecule has 5 aromatic rings. The zero-order chi connectivity index (χ0) is 24.4. The Kier molecular flexibility index (Phi) is 5.94. The average Bonchev–Trinajstić information content (AvgIpc) is 3.18. The molecule has 35 heavy (non-hydrogen) atoms. The van der Waals surface area contributed by atoms with E-state index in [1.54, 1.807) is 12.1 Å². The van der Waals surface area contributed by atoms with Gasteiger partial charge in [0, 0.05) is 17.5 Å². The predicted octanol–water partition coefficient (Wildman–Crippen LogP) is 5.00. The van der Waals surface area contributed by atoms with Crippen molar-refractivity contribution in [3.8, 4) is 5.75 Å². The van der Waals surface area contributed by atoms with Gasteiger partial charge in [0.1, 0.15) is 5.75 Å². The van der Waals surface area contributed by atoms with Gasteiger partial charge in [0.05, 0.1) is 16.4 Å². The Balaban J connectivity index is 1.69. The Morgan fingerprint density at radius 3 is 2.14 bits per heavy atom. The second kappa shape index (κ2) is 9.35. The van der Waals surface area contributed by atoms with Gasteiger partial charge in [0.2, 0.25) is 5.91 Å². The Morgan fingerprint density at radius 1 is 0.771 bits per heavy atom. The van der Waals surface area contributed by atoms with Crippen LogP contribution in [0.1, 0.15) is 27.0 Å². The Morgan fingerprint density at radius 2 is 1.43 bits per heavy atom. The molecule has 5 rings (SSSR count). The third-order valence-electron chi connectivity index (χ3n) is 6.18. The highest BCUT2D eigenvalue weighted by Crippen LogP contribution is 2.38. The van der Waals surface area contributed by atoms with Gasteiger partial charge in [-0.25, -0.2) is 4.79 Å². The summed E-state index contributed by atoms with van der Waals surface area (Å²) >= 11 is 0. The number of fused-ring (bicyclic) bond motifs is 3. The number of aliphatic carboxylic acids is 1. The molecule has 0 fully saturated rings. The van der Waals surface area contributed by atoms with Gasteiger partial charge in [0.25, 0.3) is 0 Å². The minimum absolute atomic E-state index is 0.371. The van der Waals surface area contributed by atoms with Crippen molar-refractivity contribution in [2.45, 2.75) is 13.0 Å². The monoisotopic (exact) mass is 464 g/mol. The number of benzene rings is 4. The normalized spacial score (nSPS) is 11.1. The minimum atomic E-state index is -1.07. The van der Waals surface area contributed by atoms with Gasteiger partial charge in [-0.05, 0) is 47.4 Å². The number of carboxylic acids is 1. The zero-order valence-electron chi connectivity index (χ0n) is 19.0. The van der Waals surface area contributed by atoms with Crippen LogP contribution in [0.5, 0.6) is 5.75 Å². The molecule has 0 saturated carbocycles. The van der Waals surface area contributed by atoms with Crippen molar-refractivity contribution in [2.24, 2.45) is 5.73 Å². The molecular formula is C29H24N2O4. The van der Waals surface area contributed by atoms with E-state index in [2.05, 4.69) is 28.8 Å². The van der Waals surface area contributed by atoms with Crippen LogP contribution < -0.4 is 10.5 Å². The molecule has 1 aromatic heterocycles. The van der Waals surface area contributed by atoms with E-state index in [-0.39, 0.29) is 0 Å². The fraction of sp³-hybridized carbons (Fsp3) is 0.103. The Labute approximate surface area is 202 Å². The number of hydrogen-bond acceptors (Lipinski definition) is 3. The molecular weight excluding hydrogens is 440 g/mol. The third kappa shape index (κ3) is 4.34. The van der Waals surface area contributed by atoms with Crippen molar-refractivity contribution in [3.63, 3.8) is 0 Å². The van der Waals surface area contributed by atoms with Gasteiger partial charge in [-0.15, -0.1) is 0 Å². The molecule has 4 aromatic carbocycles. The molecule has 6 nitrogen and oxygen atoms in total. The van der Waals surface area contributed by atoms with Gasteiger partial charge in [-0.3, -0.25) is 4.79 Å². The van der Waals surface area contributed by atoms with Crippen LogP contribution >= 0.6 is 0 Å². The van der Waals surface area contributed by atoms with Gasteiger partial charge in [-0.2, -0.15) is 0 Å². The highest BCUT2D eigenvalue weighted by Gasteiger charge is 2.20. The fourth-order valence-corrected chi connectivity index (χ4v) is 4.66. The smallest absolute Gasteiger partial charge is 0.341 e. The van der Waals surface area contributed by atoms with Gasteiger partial charge < -0.3 is 20.1 Å². The maximum atomic E-state index is 12.3. The molecule has 0 spiro atoms. The maximum Gasteiger partial charge on any atom is 0.341 e. The number of hydrogen-bond donors (Lipinski definition) is 2. The molecule has 0 unspecified atom stereocenters. The summed E-state index contributed by atoms with van der Waals surface area (Å²) in [6.45, 7) is 0.0814. The molecule has 0 radical (unpaired) electrons. The lowest BCUT2D eigenvalue weighted by Crippen LogP contribution is -2.11. The van der Waals surface area contributed by atoms with Gasteiger partial charge >= 0.3 is 5.97 Å². The number of carbonyl (C=O) groups excluding carboxylic acids is 1. The first-order valence-corrected chi connectivity index (χ1v) is 11.3. The van der Waals surface area contributed by atoms with E-state index in [1.165, 1.54) is 11.1 Å². The molecule has 1 amide bonds. The second-order valence-corrected chi connectivity index (χ2v) is 8.41. The van der Waals surface area contributed by atoms with Crippen LogP contribution in [0, 0.1) is 0 Å². The van der Waals surface area contributed by atoms with Crippen molar-refractivity contribution < 1.29 is 19.4 Å². The molecule has 0 atom stereocenters. The first-order chi connectivity index (χ1) is 17.0. The van der Waals surface area contributed by atoms with E-state index < -0.39 is 18.5 Å². The van der Waals surface area contributed by atoms with E-state index in [0.29, 0.717) is 28.6 Å². The van der Waals surface area contributed by atoms with Crippen molar-refractivity contribution in [2.75, 3.05) is 6.61 Å². The average molecular weight is 465 g/mol. The lowest BCUT2D eigenvalue weighted by molar-refractivity contribution is -0.139. The second-order valence-electron chi connectivity index (χ2n) is 8.41. The standard InChI is InChI=1S/C29H24N2O4/c30-29(34)22-12-6-13-23-27(22)28-24(14-7-15-25(28)35-18-26(32)33)31(23)17-21-11-5-4-10-20(21)16-19-8-2-1-3-9-19/h1-15H,16-18H2,(H2,30,34)(H,32,33). The highest BCUT2D eigenvalue weighted by molar-refractivity contribution is 6.19. The summed E-state index contributed by atoms with van der Waals surface area (Å²) in [6, 6.07) is 29.6. The minimum Gasteiger partial charge on any atom is -0.481 e. The lowest BCUT2D eigenvalue weighted by atomic mass is 9.99. The van der Waals surface area contributed by atoms with Crippen LogP contribution in [0.2, 0.25) is 0 Å². The first kappa shape index (κ1) is 22.2. The number of carbonyl (C=O) groups is 2. The summed E-state index contributed by atoms with van der Waals surface area (Å²) in [4.78, 5) is 23.5. The lowest BCUT2D eigenvalue weighted by Gasteiger charge is -2.13. The summed E-state index contributed by atoms with van der Waals surface area (Å²) in [7, 11) is 0. The van der Waals surface area contributed by atoms with Crippen LogP contribution in [0.4, 0.5) is 0 Å². The number of nitrogens with zero attached hydrogens (tertiary/aromatic N) is 1. The summed E-state index contributed by atoms with van der Waals surface area (Å²) in [5.41, 5.74) is 11.4. The third-order valence-corrected chi connectivity index (χ3v) is 6.18. The van der Waals surface area contributed by atoms with Gasteiger partial charge in [0.15, 0.2) is 6.61 Å². The van der Waals surface area contributed by atoms with Crippen LogP contribution in [0.3, 0.4) is 0 Å². The van der Waals surface area contributed by atoms with Crippen molar-refractivity contribution in [1.29, 1.82) is 0 Å². The van der Waals surface area contributed by atoms with E-state index >= 15 is 0 Å². The molecule has 0 aliphatic carbocycles. The number of rotatable bonds is 8. The molecule has 1 heterocycles. The fourth-order valence-electron chi connectivity index (χ4n) is 4.66. The Hall–Kier alpha value is -4.58. The van der Waals surface area contributed by atoms with E-state index in [1.807, 2.05) is 54.6 Å². The summed E-state index contributed by atoms with van der Waals surface area (Å²) in [6.07, 6.45) is 0.799. The quantitative estimate of drug-likeness (QED) is 0.338.